The summed E-state index contributed by atoms with van der Waals surface area (Å²) in [6.07, 6.45) is 12.1. The first-order valence-corrected chi connectivity index (χ1v) is 13.9. The Kier molecular flexibility index (Phi) is 16.1. The molecule has 2 aromatic rings. The van der Waals surface area contributed by atoms with E-state index in [1.54, 1.807) is 0 Å². The van der Waals surface area contributed by atoms with E-state index in [1.165, 1.54) is 72.0 Å². The molecule has 0 saturated heterocycles. The molecule has 2 aromatic carbocycles. The maximum absolute atomic E-state index is 2.62. The molecule has 2 rings (SSSR count). The zero-order valence-corrected chi connectivity index (χ0v) is 24.2. The van der Waals surface area contributed by atoms with E-state index in [4.69, 9.17) is 0 Å². The van der Waals surface area contributed by atoms with Gasteiger partial charge in [0.2, 0.25) is 0 Å². The van der Waals surface area contributed by atoms with Crippen molar-refractivity contribution in [2.75, 3.05) is 19.6 Å². The van der Waals surface area contributed by atoms with Crippen molar-refractivity contribution in [2.45, 2.75) is 99.8 Å². The zero-order valence-electron chi connectivity index (χ0n) is 24.2. The largest absolute Gasteiger partial charge is 0.302 e. The van der Waals surface area contributed by atoms with Crippen molar-refractivity contribution in [3.8, 4) is 0 Å². The molecule has 1 atom stereocenters. The van der Waals surface area contributed by atoms with E-state index >= 15 is 0 Å². The summed E-state index contributed by atoms with van der Waals surface area (Å²) in [5.74, 6) is 0.583. The molecular weight excluding hydrogens is 422 g/mol. The van der Waals surface area contributed by atoms with E-state index in [2.05, 4.69) is 121 Å². The van der Waals surface area contributed by atoms with Gasteiger partial charge in [-0.1, -0.05) is 117 Å². The Morgan fingerprint density at radius 2 is 1.40 bits per heavy atom. The summed E-state index contributed by atoms with van der Waals surface area (Å²) in [5, 5.41) is 0. The lowest BCUT2D eigenvalue weighted by molar-refractivity contribution is 0.264. The van der Waals surface area contributed by atoms with Gasteiger partial charge in [0.25, 0.3) is 0 Å². The number of unbranched alkanes of at least 4 members (excludes halogenated alkanes) is 3. The molecule has 0 radical (unpaired) electrons. The molecule has 0 amide bonds. The number of hydrogen-bond donors (Lipinski definition) is 0. The smallest absolute Gasteiger partial charge is 0.00477 e. The van der Waals surface area contributed by atoms with Crippen LogP contribution < -0.4 is 0 Å². The molecule has 0 bridgehead atoms. The Hall–Kier alpha value is -2.12. The van der Waals surface area contributed by atoms with Crippen LogP contribution in [0.3, 0.4) is 0 Å². The Balaban J connectivity index is 0.000000434. The SMILES string of the molecule is C/C=C(C)\C(C)=C/CCCCC.CCCN(CCc1ccc(C)cc1)CC(C)c1ccc(C)cc1. The van der Waals surface area contributed by atoms with Gasteiger partial charge in [0.05, 0.1) is 0 Å². The molecule has 0 N–H and O–H groups in total. The maximum Gasteiger partial charge on any atom is 0.00477 e. The van der Waals surface area contributed by atoms with E-state index in [9.17, 15) is 0 Å². The van der Waals surface area contributed by atoms with E-state index < -0.39 is 0 Å². The number of allylic oxidation sites excluding steroid dienone is 4. The molecule has 35 heavy (non-hydrogen) atoms. The predicted octanol–water partition coefficient (Wildman–Crippen LogP) is 9.84. The highest BCUT2D eigenvalue weighted by molar-refractivity contribution is 5.26. The van der Waals surface area contributed by atoms with Gasteiger partial charge in [-0.05, 0) is 83.9 Å². The zero-order chi connectivity index (χ0) is 26.1. The second kappa shape index (κ2) is 18.2. The number of hydrogen-bond acceptors (Lipinski definition) is 1. The van der Waals surface area contributed by atoms with Crippen LogP contribution in [-0.2, 0) is 6.42 Å². The summed E-state index contributed by atoms with van der Waals surface area (Å²) >= 11 is 0. The third kappa shape index (κ3) is 13.5. The molecule has 1 unspecified atom stereocenters. The summed E-state index contributed by atoms with van der Waals surface area (Å²) in [5.41, 5.74) is 8.42. The number of rotatable bonds is 13. The van der Waals surface area contributed by atoms with Gasteiger partial charge in [-0.25, -0.2) is 0 Å². The topological polar surface area (TPSA) is 3.24 Å². The fourth-order valence-electron chi connectivity index (χ4n) is 4.14. The van der Waals surface area contributed by atoms with Gasteiger partial charge in [-0.2, -0.15) is 0 Å². The number of aryl methyl sites for hydroxylation is 2. The Labute approximate surface area is 218 Å². The predicted molar refractivity (Wildman–Crippen MR) is 159 cm³/mol. The lowest BCUT2D eigenvalue weighted by Gasteiger charge is -2.25. The second-order valence-corrected chi connectivity index (χ2v) is 10.2. The van der Waals surface area contributed by atoms with Crippen molar-refractivity contribution in [1.82, 2.24) is 4.90 Å². The summed E-state index contributed by atoms with van der Waals surface area (Å²) < 4.78 is 0. The third-order valence-electron chi connectivity index (χ3n) is 6.87. The summed E-state index contributed by atoms with van der Waals surface area (Å²) in [6.45, 7) is 21.1. The van der Waals surface area contributed by atoms with Crippen LogP contribution in [0.2, 0.25) is 0 Å². The van der Waals surface area contributed by atoms with Crippen LogP contribution in [0.25, 0.3) is 0 Å². The molecule has 0 aliphatic carbocycles. The van der Waals surface area contributed by atoms with Crippen LogP contribution in [0.5, 0.6) is 0 Å². The van der Waals surface area contributed by atoms with Gasteiger partial charge in [-0.3, -0.25) is 0 Å². The van der Waals surface area contributed by atoms with Crippen molar-refractivity contribution in [2.24, 2.45) is 0 Å². The van der Waals surface area contributed by atoms with Crippen LogP contribution >= 0.6 is 0 Å². The van der Waals surface area contributed by atoms with Gasteiger partial charge in [0.1, 0.15) is 0 Å². The highest BCUT2D eigenvalue weighted by Gasteiger charge is 2.11. The van der Waals surface area contributed by atoms with Crippen molar-refractivity contribution >= 4 is 0 Å². The molecule has 0 aliphatic heterocycles. The standard InChI is InChI=1S/C22H31N.C12H22/c1-5-15-23(16-14-21-10-6-18(2)7-11-21)17-20(4)22-12-8-19(3)9-13-22;1-5-7-8-9-10-12(4)11(3)6-2/h6-13,20H,5,14-17H2,1-4H3;6,10H,5,7-9H2,1-4H3/b;11-6-,12-10-. The van der Waals surface area contributed by atoms with Crippen LogP contribution in [-0.4, -0.2) is 24.5 Å². The van der Waals surface area contributed by atoms with Crippen LogP contribution in [0.15, 0.2) is 71.8 Å². The van der Waals surface area contributed by atoms with Gasteiger partial charge in [-0.15, -0.1) is 0 Å². The van der Waals surface area contributed by atoms with E-state index in [0.717, 1.165) is 19.5 Å². The first-order chi connectivity index (χ1) is 16.8. The minimum absolute atomic E-state index is 0.583. The molecule has 0 heterocycles. The summed E-state index contributed by atoms with van der Waals surface area (Å²) in [4.78, 5) is 2.62. The van der Waals surface area contributed by atoms with E-state index in [-0.39, 0.29) is 0 Å². The first-order valence-electron chi connectivity index (χ1n) is 13.9. The molecule has 1 nitrogen and oxygen atoms in total. The van der Waals surface area contributed by atoms with Gasteiger partial charge in [0.15, 0.2) is 0 Å². The van der Waals surface area contributed by atoms with Crippen molar-refractivity contribution in [3.63, 3.8) is 0 Å². The lowest BCUT2D eigenvalue weighted by Crippen LogP contribution is -2.30. The summed E-state index contributed by atoms with van der Waals surface area (Å²) in [6, 6.07) is 18.0. The highest BCUT2D eigenvalue weighted by Crippen LogP contribution is 2.18. The average Bonchev–Trinajstić information content (AvgIpc) is 2.86. The van der Waals surface area contributed by atoms with Crippen LogP contribution in [0.1, 0.15) is 102 Å². The number of benzene rings is 2. The highest BCUT2D eigenvalue weighted by atomic mass is 15.1. The first kappa shape index (κ1) is 30.9. The van der Waals surface area contributed by atoms with Gasteiger partial charge < -0.3 is 4.90 Å². The van der Waals surface area contributed by atoms with Crippen molar-refractivity contribution in [1.29, 1.82) is 0 Å². The molecular formula is C34H53N. The average molecular weight is 476 g/mol. The molecule has 0 aliphatic rings. The lowest BCUT2D eigenvalue weighted by atomic mass is 9.99. The normalized spacial score (nSPS) is 12.9. The quantitative estimate of drug-likeness (QED) is 0.206. The van der Waals surface area contributed by atoms with Gasteiger partial charge in [0, 0.05) is 13.1 Å². The fraction of sp³-hybridized carbons (Fsp3) is 0.529. The van der Waals surface area contributed by atoms with Crippen molar-refractivity contribution in [3.05, 3.63) is 94.1 Å². The molecule has 0 aromatic heterocycles. The van der Waals surface area contributed by atoms with Crippen LogP contribution in [0.4, 0.5) is 0 Å². The third-order valence-corrected chi connectivity index (χ3v) is 6.87. The second-order valence-electron chi connectivity index (χ2n) is 10.2. The summed E-state index contributed by atoms with van der Waals surface area (Å²) in [7, 11) is 0. The van der Waals surface area contributed by atoms with E-state index in [0.29, 0.717) is 5.92 Å². The molecule has 1 heteroatoms. The minimum atomic E-state index is 0.583. The van der Waals surface area contributed by atoms with Crippen LogP contribution in [0, 0.1) is 13.8 Å². The molecule has 0 fully saturated rings. The minimum Gasteiger partial charge on any atom is -0.302 e. The van der Waals surface area contributed by atoms with Gasteiger partial charge >= 0.3 is 0 Å². The molecule has 194 valence electrons. The Morgan fingerprint density at radius 3 is 1.94 bits per heavy atom. The Morgan fingerprint density at radius 1 is 0.800 bits per heavy atom. The van der Waals surface area contributed by atoms with Crippen molar-refractivity contribution < 1.29 is 0 Å². The van der Waals surface area contributed by atoms with E-state index in [1.807, 2.05) is 0 Å². The number of nitrogens with zero attached hydrogens (tertiary/aromatic N) is 1. The monoisotopic (exact) mass is 475 g/mol. The maximum atomic E-state index is 2.62. The fourth-order valence-corrected chi connectivity index (χ4v) is 4.14. The molecule has 0 spiro atoms. The molecule has 0 saturated carbocycles. The Bertz CT molecular complexity index is 854.